The highest BCUT2D eigenvalue weighted by molar-refractivity contribution is 7.11. The highest BCUT2D eigenvalue weighted by atomic mass is 32.1. The number of aromatic nitrogens is 1. The zero-order valence-electron chi connectivity index (χ0n) is 12.2. The van der Waals surface area contributed by atoms with Gasteiger partial charge in [0.2, 0.25) is 5.91 Å². The SMILES string of the molecule is Cc1ccc(CNC(=O)CCc2sc(C)nc2C)cc1. The molecule has 2 rings (SSSR count). The van der Waals surface area contributed by atoms with E-state index in [0.717, 1.165) is 22.7 Å². The number of hydrogen-bond donors (Lipinski definition) is 1. The van der Waals surface area contributed by atoms with Gasteiger partial charge in [0.15, 0.2) is 0 Å². The highest BCUT2D eigenvalue weighted by Crippen LogP contribution is 2.18. The molecule has 1 aromatic carbocycles. The molecule has 0 bridgehead atoms. The van der Waals surface area contributed by atoms with Crippen molar-refractivity contribution in [2.45, 2.75) is 40.2 Å². The van der Waals surface area contributed by atoms with Crippen molar-refractivity contribution in [1.29, 1.82) is 0 Å². The fraction of sp³-hybridized carbons (Fsp3) is 0.375. The van der Waals surface area contributed by atoms with Crippen molar-refractivity contribution in [1.82, 2.24) is 10.3 Å². The van der Waals surface area contributed by atoms with Crippen LogP contribution in [0.3, 0.4) is 0 Å². The molecular weight excluding hydrogens is 268 g/mol. The van der Waals surface area contributed by atoms with E-state index in [9.17, 15) is 4.79 Å². The summed E-state index contributed by atoms with van der Waals surface area (Å²) < 4.78 is 0. The topological polar surface area (TPSA) is 42.0 Å². The first-order valence-electron chi connectivity index (χ1n) is 6.80. The van der Waals surface area contributed by atoms with Gasteiger partial charge in [-0.25, -0.2) is 4.98 Å². The predicted molar refractivity (Wildman–Crippen MR) is 82.9 cm³/mol. The van der Waals surface area contributed by atoms with Crippen LogP contribution in [0.25, 0.3) is 0 Å². The van der Waals surface area contributed by atoms with Gasteiger partial charge in [-0.2, -0.15) is 0 Å². The van der Waals surface area contributed by atoms with Crippen LogP contribution in [0.5, 0.6) is 0 Å². The maximum atomic E-state index is 11.8. The monoisotopic (exact) mass is 288 g/mol. The largest absolute Gasteiger partial charge is 0.352 e. The molecule has 0 atom stereocenters. The number of benzene rings is 1. The molecule has 1 heterocycles. The highest BCUT2D eigenvalue weighted by Gasteiger charge is 2.07. The maximum Gasteiger partial charge on any atom is 0.220 e. The summed E-state index contributed by atoms with van der Waals surface area (Å²) in [6.07, 6.45) is 1.30. The fourth-order valence-corrected chi connectivity index (χ4v) is 2.96. The molecule has 0 radical (unpaired) electrons. The second-order valence-electron chi connectivity index (χ2n) is 5.00. The molecule has 0 saturated carbocycles. The summed E-state index contributed by atoms with van der Waals surface area (Å²) in [6, 6.07) is 8.22. The lowest BCUT2D eigenvalue weighted by atomic mass is 10.1. The van der Waals surface area contributed by atoms with Crippen LogP contribution in [0, 0.1) is 20.8 Å². The van der Waals surface area contributed by atoms with Crippen molar-refractivity contribution in [3.63, 3.8) is 0 Å². The Kier molecular flexibility index (Phi) is 4.90. The van der Waals surface area contributed by atoms with Gasteiger partial charge in [-0.3, -0.25) is 4.79 Å². The van der Waals surface area contributed by atoms with Gasteiger partial charge in [0.25, 0.3) is 0 Å². The number of rotatable bonds is 5. The fourth-order valence-electron chi connectivity index (χ4n) is 2.03. The number of hydrogen-bond acceptors (Lipinski definition) is 3. The minimum absolute atomic E-state index is 0.0935. The van der Waals surface area contributed by atoms with Gasteiger partial charge in [-0.15, -0.1) is 11.3 Å². The maximum absolute atomic E-state index is 11.8. The Morgan fingerprint density at radius 1 is 1.20 bits per heavy atom. The van der Waals surface area contributed by atoms with Gasteiger partial charge in [0.05, 0.1) is 10.7 Å². The van der Waals surface area contributed by atoms with Crippen molar-refractivity contribution in [3.8, 4) is 0 Å². The number of carbonyl (C=O) groups is 1. The van der Waals surface area contributed by atoms with Gasteiger partial charge < -0.3 is 5.32 Å². The van der Waals surface area contributed by atoms with Gasteiger partial charge >= 0.3 is 0 Å². The molecule has 0 unspecified atom stereocenters. The molecule has 0 aliphatic carbocycles. The van der Waals surface area contributed by atoms with E-state index in [1.54, 1.807) is 11.3 Å². The van der Waals surface area contributed by atoms with Gasteiger partial charge in [-0.05, 0) is 32.8 Å². The summed E-state index contributed by atoms with van der Waals surface area (Å²) in [5, 5.41) is 4.03. The van der Waals surface area contributed by atoms with Crippen molar-refractivity contribution in [2.24, 2.45) is 0 Å². The lowest BCUT2D eigenvalue weighted by Crippen LogP contribution is -2.22. The minimum atomic E-state index is 0.0935. The average Bonchev–Trinajstić information content (AvgIpc) is 2.74. The van der Waals surface area contributed by atoms with Crippen molar-refractivity contribution in [3.05, 3.63) is 51.0 Å². The van der Waals surface area contributed by atoms with Crippen LogP contribution in [-0.2, 0) is 17.8 Å². The second-order valence-corrected chi connectivity index (χ2v) is 6.29. The summed E-state index contributed by atoms with van der Waals surface area (Å²) in [7, 11) is 0. The van der Waals surface area contributed by atoms with Crippen LogP contribution in [0.15, 0.2) is 24.3 Å². The van der Waals surface area contributed by atoms with Gasteiger partial charge in [0, 0.05) is 17.8 Å². The third-order valence-electron chi connectivity index (χ3n) is 3.19. The average molecular weight is 288 g/mol. The van der Waals surface area contributed by atoms with Crippen molar-refractivity contribution in [2.75, 3.05) is 0 Å². The van der Waals surface area contributed by atoms with E-state index in [0.29, 0.717) is 13.0 Å². The van der Waals surface area contributed by atoms with Crippen LogP contribution in [0.2, 0.25) is 0 Å². The van der Waals surface area contributed by atoms with Crippen LogP contribution < -0.4 is 5.32 Å². The summed E-state index contributed by atoms with van der Waals surface area (Å²) >= 11 is 1.68. The number of nitrogens with one attached hydrogen (secondary N) is 1. The molecule has 1 amide bonds. The molecule has 106 valence electrons. The van der Waals surface area contributed by atoms with Crippen LogP contribution in [0.1, 0.15) is 33.1 Å². The Labute approximate surface area is 124 Å². The van der Waals surface area contributed by atoms with E-state index < -0.39 is 0 Å². The first-order valence-corrected chi connectivity index (χ1v) is 7.61. The number of aryl methyl sites for hydroxylation is 4. The molecular formula is C16H20N2OS. The van der Waals surface area contributed by atoms with Gasteiger partial charge in [0.1, 0.15) is 0 Å². The Hall–Kier alpha value is -1.68. The lowest BCUT2D eigenvalue weighted by molar-refractivity contribution is -0.121. The Morgan fingerprint density at radius 3 is 2.50 bits per heavy atom. The quantitative estimate of drug-likeness (QED) is 0.917. The summed E-state index contributed by atoms with van der Waals surface area (Å²) in [5.41, 5.74) is 3.42. The van der Waals surface area contributed by atoms with E-state index >= 15 is 0 Å². The Morgan fingerprint density at radius 2 is 1.90 bits per heavy atom. The molecule has 20 heavy (non-hydrogen) atoms. The first-order chi connectivity index (χ1) is 9.54. The lowest BCUT2D eigenvalue weighted by Gasteiger charge is -2.05. The number of carbonyl (C=O) groups excluding carboxylic acids is 1. The van der Waals surface area contributed by atoms with Crippen LogP contribution >= 0.6 is 11.3 Å². The zero-order valence-corrected chi connectivity index (χ0v) is 13.0. The number of nitrogens with zero attached hydrogens (tertiary/aromatic N) is 1. The summed E-state index contributed by atoms with van der Waals surface area (Å²) in [5.74, 6) is 0.0935. The summed E-state index contributed by atoms with van der Waals surface area (Å²) in [6.45, 7) is 6.66. The molecule has 0 aliphatic heterocycles. The normalized spacial score (nSPS) is 10.6. The minimum Gasteiger partial charge on any atom is -0.352 e. The van der Waals surface area contributed by atoms with Crippen molar-refractivity contribution < 1.29 is 4.79 Å². The van der Waals surface area contributed by atoms with Crippen LogP contribution in [0.4, 0.5) is 0 Å². The third-order valence-corrected chi connectivity index (χ3v) is 4.32. The molecule has 0 aliphatic rings. The van der Waals surface area contributed by atoms with E-state index in [4.69, 9.17) is 0 Å². The van der Waals surface area contributed by atoms with E-state index in [1.807, 2.05) is 26.0 Å². The Balaban J connectivity index is 1.78. The van der Waals surface area contributed by atoms with E-state index in [2.05, 4.69) is 29.4 Å². The Bertz CT molecular complexity index is 587. The molecule has 2 aromatic rings. The smallest absolute Gasteiger partial charge is 0.220 e. The van der Waals surface area contributed by atoms with E-state index in [1.165, 1.54) is 10.4 Å². The van der Waals surface area contributed by atoms with Crippen LogP contribution in [-0.4, -0.2) is 10.9 Å². The predicted octanol–water partition coefficient (Wildman–Crippen LogP) is 3.32. The molecule has 1 N–H and O–H groups in total. The number of thiazole rings is 1. The second kappa shape index (κ2) is 6.66. The molecule has 1 aromatic heterocycles. The van der Waals surface area contributed by atoms with E-state index in [-0.39, 0.29) is 5.91 Å². The molecule has 0 spiro atoms. The summed E-state index contributed by atoms with van der Waals surface area (Å²) in [4.78, 5) is 17.4. The first kappa shape index (κ1) is 14.7. The molecule has 4 heteroatoms. The third kappa shape index (κ3) is 4.17. The van der Waals surface area contributed by atoms with Crippen molar-refractivity contribution >= 4 is 17.2 Å². The molecule has 0 saturated heterocycles. The number of amides is 1. The standard InChI is InChI=1S/C16H20N2OS/c1-11-4-6-14(7-5-11)10-17-16(19)9-8-15-12(2)18-13(3)20-15/h4-7H,8-10H2,1-3H3,(H,17,19). The zero-order chi connectivity index (χ0) is 14.5. The molecule has 3 nitrogen and oxygen atoms in total. The molecule has 0 fully saturated rings. The van der Waals surface area contributed by atoms with Gasteiger partial charge in [-0.1, -0.05) is 29.8 Å².